The molecule has 76 valence electrons. The topological polar surface area (TPSA) is 40.9 Å². The molecule has 0 aromatic rings. The number of nitrogens with zero attached hydrogens (tertiary/aromatic N) is 1. The van der Waals surface area contributed by atoms with Crippen LogP contribution in [0.4, 0.5) is 0 Å². The zero-order chi connectivity index (χ0) is 10.8. The maximum atomic E-state index is 11.7. The minimum Gasteiger partial charge on any atom is -0.295 e. The molecule has 0 radical (unpaired) electrons. The molecule has 0 unspecified atom stereocenters. The zero-order valence-electron chi connectivity index (χ0n) is 9.13. The molecule has 0 fully saturated rings. The standard InChI is InChI=1S/C12H17NO/c1-9-7-11(14)10(5-4-6-13)12(2,3)8-9/h7,10H,4-5,8H2,1-3H3/t10-/m1/s1. The van der Waals surface area contributed by atoms with Crippen molar-refractivity contribution in [3.05, 3.63) is 11.6 Å². The SMILES string of the molecule is CC1=CC(=O)[C@@H](CCC#N)C(C)(C)C1. The molecule has 0 N–H and O–H groups in total. The largest absolute Gasteiger partial charge is 0.295 e. The van der Waals surface area contributed by atoms with Crippen LogP contribution in [0.25, 0.3) is 0 Å². The van der Waals surface area contributed by atoms with Crippen molar-refractivity contribution in [1.29, 1.82) is 5.26 Å². The second-order valence-electron chi connectivity index (χ2n) is 4.81. The molecule has 1 rings (SSSR count). The van der Waals surface area contributed by atoms with Gasteiger partial charge in [0.25, 0.3) is 0 Å². The van der Waals surface area contributed by atoms with Gasteiger partial charge in [-0.25, -0.2) is 0 Å². The van der Waals surface area contributed by atoms with E-state index in [9.17, 15) is 4.79 Å². The number of rotatable bonds is 2. The molecule has 0 aliphatic heterocycles. The fourth-order valence-electron chi connectivity index (χ4n) is 2.36. The Hall–Kier alpha value is -1.10. The molecule has 0 aromatic carbocycles. The molecule has 1 aliphatic carbocycles. The van der Waals surface area contributed by atoms with E-state index >= 15 is 0 Å². The van der Waals surface area contributed by atoms with Crippen molar-refractivity contribution in [2.75, 3.05) is 0 Å². The Morgan fingerprint density at radius 3 is 2.79 bits per heavy atom. The van der Waals surface area contributed by atoms with Gasteiger partial charge in [0.15, 0.2) is 5.78 Å². The molecule has 1 aliphatic rings. The molecule has 14 heavy (non-hydrogen) atoms. The summed E-state index contributed by atoms with van der Waals surface area (Å²) in [6, 6.07) is 2.11. The van der Waals surface area contributed by atoms with E-state index in [1.54, 1.807) is 6.08 Å². The van der Waals surface area contributed by atoms with Gasteiger partial charge in [-0.1, -0.05) is 19.4 Å². The average Bonchev–Trinajstić information content (AvgIpc) is 2.00. The summed E-state index contributed by atoms with van der Waals surface area (Å²) in [7, 11) is 0. The third-order valence-corrected chi connectivity index (χ3v) is 2.95. The lowest BCUT2D eigenvalue weighted by molar-refractivity contribution is -0.122. The lowest BCUT2D eigenvalue weighted by Gasteiger charge is -2.36. The molecule has 0 aromatic heterocycles. The van der Waals surface area contributed by atoms with Crippen LogP contribution in [-0.4, -0.2) is 5.78 Å². The van der Waals surface area contributed by atoms with Gasteiger partial charge >= 0.3 is 0 Å². The van der Waals surface area contributed by atoms with Gasteiger partial charge in [0.05, 0.1) is 6.07 Å². The van der Waals surface area contributed by atoms with Crippen molar-refractivity contribution >= 4 is 5.78 Å². The van der Waals surface area contributed by atoms with Crippen LogP contribution in [0.1, 0.15) is 40.0 Å². The fourth-order valence-corrected chi connectivity index (χ4v) is 2.36. The molecule has 0 saturated carbocycles. The second kappa shape index (κ2) is 3.96. The Bertz CT molecular complexity index is 307. The third kappa shape index (κ3) is 2.23. The van der Waals surface area contributed by atoms with Crippen molar-refractivity contribution in [2.45, 2.75) is 40.0 Å². The molecular formula is C12H17NO. The van der Waals surface area contributed by atoms with Crippen LogP contribution < -0.4 is 0 Å². The monoisotopic (exact) mass is 191 g/mol. The van der Waals surface area contributed by atoms with Crippen LogP contribution in [0.5, 0.6) is 0 Å². The third-order valence-electron chi connectivity index (χ3n) is 2.95. The number of hydrogen-bond donors (Lipinski definition) is 0. The lowest BCUT2D eigenvalue weighted by Crippen LogP contribution is -2.33. The minimum atomic E-state index is 0.0206. The Morgan fingerprint density at radius 2 is 2.29 bits per heavy atom. The first-order chi connectivity index (χ1) is 6.47. The summed E-state index contributed by atoms with van der Waals surface area (Å²) in [6.07, 6.45) is 3.89. The van der Waals surface area contributed by atoms with Gasteiger partial charge in [0, 0.05) is 12.3 Å². The summed E-state index contributed by atoms with van der Waals surface area (Å²) >= 11 is 0. The lowest BCUT2D eigenvalue weighted by atomic mass is 9.67. The summed E-state index contributed by atoms with van der Waals surface area (Å²) in [5, 5.41) is 8.53. The quantitative estimate of drug-likeness (QED) is 0.673. The molecule has 0 saturated heterocycles. The first kappa shape index (κ1) is 11.0. The van der Waals surface area contributed by atoms with Gasteiger partial charge in [0.1, 0.15) is 0 Å². The predicted octanol–water partition coefficient (Wildman–Crippen LogP) is 2.85. The van der Waals surface area contributed by atoms with Crippen molar-refractivity contribution in [1.82, 2.24) is 0 Å². The normalized spacial score (nSPS) is 25.4. The van der Waals surface area contributed by atoms with Crippen LogP contribution >= 0.6 is 0 Å². The average molecular weight is 191 g/mol. The Labute approximate surface area is 85.6 Å². The molecule has 0 bridgehead atoms. The maximum absolute atomic E-state index is 11.7. The van der Waals surface area contributed by atoms with Crippen LogP contribution in [-0.2, 0) is 4.79 Å². The van der Waals surface area contributed by atoms with E-state index in [0.717, 1.165) is 12.0 Å². The van der Waals surface area contributed by atoms with Crippen LogP contribution in [0.2, 0.25) is 0 Å². The molecule has 2 heteroatoms. The Morgan fingerprint density at radius 1 is 1.64 bits per heavy atom. The van der Waals surface area contributed by atoms with E-state index in [1.165, 1.54) is 0 Å². The van der Waals surface area contributed by atoms with E-state index in [0.29, 0.717) is 12.8 Å². The highest BCUT2D eigenvalue weighted by molar-refractivity contribution is 5.93. The maximum Gasteiger partial charge on any atom is 0.159 e. The van der Waals surface area contributed by atoms with Crippen LogP contribution in [0, 0.1) is 22.7 Å². The molecule has 0 amide bonds. The van der Waals surface area contributed by atoms with Crippen molar-refractivity contribution in [2.24, 2.45) is 11.3 Å². The summed E-state index contributed by atoms with van der Waals surface area (Å²) in [6.45, 7) is 6.23. The molecule has 2 nitrogen and oxygen atoms in total. The number of carbonyl (C=O) groups is 1. The molecule has 0 spiro atoms. The second-order valence-corrected chi connectivity index (χ2v) is 4.81. The molecule has 1 atom stereocenters. The van der Waals surface area contributed by atoms with Gasteiger partial charge in [-0.15, -0.1) is 0 Å². The number of carbonyl (C=O) groups excluding carboxylic acids is 1. The predicted molar refractivity (Wildman–Crippen MR) is 55.5 cm³/mol. The van der Waals surface area contributed by atoms with Crippen LogP contribution in [0.3, 0.4) is 0 Å². The highest BCUT2D eigenvalue weighted by atomic mass is 16.1. The molecule has 0 heterocycles. The van der Waals surface area contributed by atoms with E-state index in [-0.39, 0.29) is 17.1 Å². The van der Waals surface area contributed by atoms with E-state index in [4.69, 9.17) is 5.26 Å². The Balaban J connectivity index is 2.82. The summed E-state index contributed by atoms with van der Waals surface area (Å²) in [5.41, 5.74) is 1.18. The zero-order valence-corrected chi connectivity index (χ0v) is 9.13. The van der Waals surface area contributed by atoms with Crippen LogP contribution in [0.15, 0.2) is 11.6 Å². The number of nitriles is 1. The summed E-state index contributed by atoms with van der Waals surface area (Å²) in [4.78, 5) is 11.7. The fraction of sp³-hybridized carbons (Fsp3) is 0.667. The highest BCUT2D eigenvalue weighted by Crippen LogP contribution is 2.40. The summed E-state index contributed by atoms with van der Waals surface area (Å²) < 4.78 is 0. The van der Waals surface area contributed by atoms with Gasteiger partial charge in [-0.05, 0) is 31.3 Å². The van der Waals surface area contributed by atoms with Crippen molar-refractivity contribution < 1.29 is 4.79 Å². The number of allylic oxidation sites excluding steroid dienone is 2. The van der Waals surface area contributed by atoms with E-state index in [2.05, 4.69) is 19.9 Å². The number of ketones is 1. The first-order valence-electron chi connectivity index (χ1n) is 5.05. The Kier molecular flexibility index (Phi) is 3.10. The van der Waals surface area contributed by atoms with Gasteiger partial charge in [0.2, 0.25) is 0 Å². The van der Waals surface area contributed by atoms with Gasteiger partial charge in [-0.2, -0.15) is 5.26 Å². The van der Waals surface area contributed by atoms with Gasteiger partial charge < -0.3 is 0 Å². The minimum absolute atomic E-state index is 0.0206. The smallest absolute Gasteiger partial charge is 0.159 e. The van der Waals surface area contributed by atoms with Crippen molar-refractivity contribution in [3.63, 3.8) is 0 Å². The first-order valence-corrected chi connectivity index (χ1v) is 5.05. The summed E-state index contributed by atoms with van der Waals surface area (Å²) in [5.74, 6) is 0.236. The van der Waals surface area contributed by atoms with Crippen molar-refractivity contribution in [3.8, 4) is 6.07 Å². The van der Waals surface area contributed by atoms with Gasteiger partial charge in [-0.3, -0.25) is 4.79 Å². The van der Waals surface area contributed by atoms with E-state index in [1.807, 2.05) is 6.92 Å². The number of hydrogen-bond acceptors (Lipinski definition) is 2. The highest BCUT2D eigenvalue weighted by Gasteiger charge is 2.36. The molecular weight excluding hydrogens is 174 g/mol. The van der Waals surface area contributed by atoms with E-state index < -0.39 is 0 Å².